The second-order valence-electron chi connectivity index (χ2n) is 6.92. The molecule has 8 nitrogen and oxygen atoms in total. The molecular formula is C20H23ClN8. The number of nitrogens with zero attached hydrogens (tertiary/aromatic N) is 5. The summed E-state index contributed by atoms with van der Waals surface area (Å²) < 4.78 is 1.85. The molecule has 0 bridgehead atoms. The van der Waals surface area contributed by atoms with Crippen LogP contribution in [0, 0.1) is 0 Å². The smallest absolute Gasteiger partial charge is 0.222 e. The predicted molar refractivity (Wildman–Crippen MR) is 117 cm³/mol. The van der Waals surface area contributed by atoms with Crippen LogP contribution >= 0.6 is 11.6 Å². The van der Waals surface area contributed by atoms with Crippen molar-refractivity contribution in [1.29, 1.82) is 0 Å². The standard InChI is InChI=1S/C20H23ClN8/c1-2-4-16(22)27-19-18-15(26-20(23)28-19)10-25-29(18)11-13-7-6-12(9-21)14-5-3-8-24-17(13)14/h3,5-8,10,16H,2,4,9,11,22H2,1H3,(H3,23,26,27,28). The van der Waals surface area contributed by atoms with Gasteiger partial charge in [0.05, 0.1) is 24.4 Å². The Labute approximate surface area is 173 Å². The number of hydrogen-bond acceptors (Lipinski definition) is 7. The van der Waals surface area contributed by atoms with Gasteiger partial charge in [0.15, 0.2) is 5.82 Å². The fourth-order valence-corrected chi connectivity index (χ4v) is 3.72. The summed E-state index contributed by atoms with van der Waals surface area (Å²) in [5.41, 5.74) is 16.5. The lowest BCUT2D eigenvalue weighted by Gasteiger charge is -2.16. The Morgan fingerprint density at radius 3 is 2.83 bits per heavy atom. The van der Waals surface area contributed by atoms with E-state index in [1.807, 2.05) is 28.9 Å². The van der Waals surface area contributed by atoms with Crippen molar-refractivity contribution >= 4 is 45.3 Å². The van der Waals surface area contributed by atoms with E-state index in [0.29, 0.717) is 23.8 Å². The van der Waals surface area contributed by atoms with Crippen LogP contribution in [0.4, 0.5) is 11.8 Å². The number of halogens is 1. The van der Waals surface area contributed by atoms with Gasteiger partial charge in [0.1, 0.15) is 11.0 Å². The van der Waals surface area contributed by atoms with Crippen molar-refractivity contribution in [2.75, 3.05) is 11.1 Å². The summed E-state index contributed by atoms with van der Waals surface area (Å²) in [5, 5.41) is 8.81. The van der Waals surface area contributed by atoms with Crippen molar-refractivity contribution in [3.05, 3.63) is 47.8 Å². The van der Waals surface area contributed by atoms with Crippen LogP contribution in [-0.4, -0.2) is 30.9 Å². The first-order valence-corrected chi connectivity index (χ1v) is 10.1. The zero-order valence-corrected chi connectivity index (χ0v) is 16.9. The Kier molecular flexibility index (Phi) is 5.46. The highest BCUT2D eigenvalue weighted by atomic mass is 35.5. The average Bonchev–Trinajstić information content (AvgIpc) is 3.11. The molecule has 0 saturated carbocycles. The van der Waals surface area contributed by atoms with E-state index < -0.39 is 0 Å². The number of aromatic nitrogens is 5. The Balaban J connectivity index is 1.79. The van der Waals surface area contributed by atoms with Crippen molar-refractivity contribution in [2.24, 2.45) is 5.73 Å². The molecule has 0 aliphatic heterocycles. The molecule has 0 spiro atoms. The predicted octanol–water partition coefficient (Wildman–Crippen LogP) is 3.24. The van der Waals surface area contributed by atoms with Crippen molar-refractivity contribution in [3.8, 4) is 0 Å². The number of nitrogen functional groups attached to an aromatic ring is 1. The topological polar surface area (TPSA) is 121 Å². The third-order valence-corrected chi connectivity index (χ3v) is 5.12. The fourth-order valence-electron chi connectivity index (χ4n) is 3.49. The third-order valence-electron chi connectivity index (χ3n) is 4.84. The minimum Gasteiger partial charge on any atom is -0.368 e. The summed E-state index contributed by atoms with van der Waals surface area (Å²) in [6, 6.07) is 8.02. The van der Waals surface area contributed by atoms with Gasteiger partial charge < -0.3 is 16.8 Å². The molecule has 0 aliphatic rings. The Morgan fingerprint density at radius 1 is 1.21 bits per heavy atom. The van der Waals surface area contributed by atoms with Gasteiger partial charge in [-0.2, -0.15) is 10.1 Å². The quantitative estimate of drug-likeness (QED) is 0.316. The molecule has 0 amide bonds. The van der Waals surface area contributed by atoms with E-state index in [9.17, 15) is 0 Å². The first-order chi connectivity index (χ1) is 14.1. The van der Waals surface area contributed by atoms with E-state index >= 15 is 0 Å². The second-order valence-corrected chi connectivity index (χ2v) is 7.19. The monoisotopic (exact) mass is 410 g/mol. The van der Waals surface area contributed by atoms with E-state index in [1.54, 1.807) is 12.4 Å². The van der Waals surface area contributed by atoms with Crippen LogP contribution in [0.15, 0.2) is 36.7 Å². The van der Waals surface area contributed by atoms with Crippen LogP contribution in [0.1, 0.15) is 30.9 Å². The first-order valence-electron chi connectivity index (χ1n) is 9.53. The zero-order chi connectivity index (χ0) is 20.4. The lowest BCUT2D eigenvalue weighted by atomic mass is 10.0. The maximum absolute atomic E-state index is 6.17. The third kappa shape index (κ3) is 3.81. The van der Waals surface area contributed by atoms with Gasteiger partial charge in [0, 0.05) is 17.5 Å². The first kappa shape index (κ1) is 19.4. The van der Waals surface area contributed by atoms with E-state index in [4.69, 9.17) is 23.1 Å². The number of anilines is 2. The van der Waals surface area contributed by atoms with Gasteiger partial charge in [0.2, 0.25) is 5.95 Å². The molecule has 3 heterocycles. The van der Waals surface area contributed by atoms with E-state index in [0.717, 1.165) is 40.4 Å². The molecule has 0 saturated heterocycles. The van der Waals surface area contributed by atoms with Crippen LogP contribution in [0.3, 0.4) is 0 Å². The molecule has 1 atom stereocenters. The molecule has 3 aromatic heterocycles. The summed E-state index contributed by atoms with van der Waals surface area (Å²) >= 11 is 6.09. The lowest BCUT2D eigenvalue weighted by Crippen LogP contribution is -2.30. The van der Waals surface area contributed by atoms with Gasteiger partial charge >= 0.3 is 0 Å². The number of hydrogen-bond donors (Lipinski definition) is 3. The number of pyridine rings is 1. The highest BCUT2D eigenvalue weighted by molar-refractivity contribution is 6.18. The number of rotatable bonds is 7. The number of nitrogens with one attached hydrogen (secondary N) is 1. The number of nitrogens with two attached hydrogens (primary N) is 2. The molecule has 29 heavy (non-hydrogen) atoms. The van der Waals surface area contributed by atoms with Crippen LogP contribution in [0.5, 0.6) is 0 Å². The molecule has 4 rings (SSSR count). The largest absolute Gasteiger partial charge is 0.368 e. The van der Waals surface area contributed by atoms with Crippen molar-refractivity contribution < 1.29 is 0 Å². The second kappa shape index (κ2) is 8.18. The highest BCUT2D eigenvalue weighted by Gasteiger charge is 2.16. The van der Waals surface area contributed by atoms with Crippen LogP contribution in [0.2, 0.25) is 0 Å². The summed E-state index contributed by atoms with van der Waals surface area (Å²) in [6.07, 6.45) is 5.01. The molecular weight excluding hydrogens is 388 g/mol. The van der Waals surface area contributed by atoms with E-state index in [2.05, 4.69) is 32.3 Å². The molecule has 150 valence electrons. The normalized spacial score (nSPS) is 12.5. The summed E-state index contributed by atoms with van der Waals surface area (Å²) in [6.45, 7) is 2.59. The average molecular weight is 411 g/mol. The van der Waals surface area contributed by atoms with Crippen LogP contribution in [0.25, 0.3) is 21.9 Å². The van der Waals surface area contributed by atoms with Gasteiger partial charge in [-0.25, -0.2) is 4.98 Å². The molecule has 1 unspecified atom stereocenters. The minimum atomic E-state index is -0.230. The van der Waals surface area contributed by atoms with Crippen molar-refractivity contribution in [2.45, 2.75) is 38.4 Å². The van der Waals surface area contributed by atoms with Gasteiger partial charge in [-0.3, -0.25) is 9.67 Å². The van der Waals surface area contributed by atoms with Gasteiger partial charge in [0.25, 0.3) is 0 Å². The minimum absolute atomic E-state index is 0.182. The SMILES string of the molecule is CCCC(N)Nc1nc(N)nc2cnn(Cc3ccc(CCl)c4cccnc34)c12. The summed E-state index contributed by atoms with van der Waals surface area (Å²) in [5.74, 6) is 1.20. The Bertz CT molecular complexity index is 1160. The molecule has 0 fully saturated rings. The van der Waals surface area contributed by atoms with E-state index in [-0.39, 0.29) is 12.1 Å². The molecule has 1 aromatic carbocycles. The van der Waals surface area contributed by atoms with Gasteiger partial charge in [-0.1, -0.05) is 31.5 Å². The van der Waals surface area contributed by atoms with Crippen LogP contribution in [-0.2, 0) is 12.4 Å². The molecule has 9 heteroatoms. The summed E-state index contributed by atoms with van der Waals surface area (Å²) in [7, 11) is 0. The molecule has 5 N–H and O–H groups in total. The number of alkyl halides is 1. The van der Waals surface area contributed by atoms with Gasteiger partial charge in [-0.05, 0) is 23.6 Å². The van der Waals surface area contributed by atoms with Crippen molar-refractivity contribution in [1.82, 2.24) is 24.7 Å². The van der Waals surface area contributed by atoms with Gasteiger partial charge in [-0.15, -0.1) is 11.6 Å². The summed E-state index contributed by atoms with van der Waals surface area (Å²) in [4.78, 5) is 13.3. The molecule has 0 radical (unpaired) electrons. The Hall–Kier alpha value is -2.97. The zero-order valence-electron chi connectivity index (χ0n) is 16.1. The van der Waals surface area contributed by atoms with E-state index in [1.165, 1.54) is 0 Å². The number of benzene rings is 1. The maximum atomic E-state index is 6.17. The van der Waals surface area contributed by atoms with Crippen LogP contribution < -0.4 is 16.8 Å². The number of fused-ring (bicyclic) bond motifs is 2. The molecule has 4 aromatic rings. The lowest BCUT2D eigenvalue weighted by molar-refractivity contribution is 0.660. The maximum Gasteiger partial charge on any atom is 0.222 e. The van der Waals surface area contributed by atoms with Crippen molar-refractivity contribution in [3.63, 3.8) is 0 Å². The Morgan fingerprint density at radius 2 is 2.03 bits per heavy atom. The molecule has 0 aliphatic carbocycles. The highest BCUT2D eigenvalue weighted by Crippen LogP contribution is 2.26. The fraction of sp³-hybridized carbons (Fsp3) is 0.300.